The lowest BCUT2D eigenvalue weighted by Gasteiger charge is -2.43. The molecule has 2 aliphatic heterocycles. The number of rotatable bonds is 8. The number of anilines is 1. The van der Waals surface area contributed by atoms with Crippen LogP contribution in [0, 0.1) is 16.7 Å². The minimum absolute atomic E-state index is 0.00708. The smallest absolute Gasteiger partial charge is 0.261 e. The van der Waals surface area contributed by atoms with Crippen molar-refractivity contribution in [1.82, 2.24) is 4.90 Å². The van der Waals surface area contributed by atoms with Gasteiger partial charge in [-0.2, -0.15) is 0 Å². The highest BCUT2D eigenvalue weighted by molar-refractivity contribution is 7.92. The summed E-state index contributed by atoms with van der Waals surface area (Å²) < 4.78 is 42.2. The molecule has 2 N–H and O–H groups in total. The van der Waals surface area contributed by atoms with Crippen LogP contribution >= 0.6 is 0 Å². The van der Waals surface area contributed by atoms with Gasteiger partial charge in [-0.05, 0) is 65.5 Å². The van der Waals surface area contributed by atoms with Crippen LogP contribution in [0.4, 0.5) is 5.69 Å². The monoisotopic (exact) mass is 604 g/mol. The molecule has 6 rings (SSSR count). The molecule has 3 aromatic rings. The third-order valence-corrected chi connectivity index (χ3v) is 10.9. The van der Waals surface area contributed by atoms with E-state index in [1.807, 2.05) is 36.4 Å². The molecule has 2 bridgehead atoms. The first-order chi connectivity index (χ1) is 20.4. The minimum atomic E-state index is -3.74. The number of likely N-dealkylation sites (tertiary alicyclic amines) is 1. The van der Waals surface area contributed by atoms with Gasteiger partial charge in [0.1, 0.15) is 0 Å². The van der Waals surface area contributed by atoms with E-state index < -0.39 is 16.3 Å². The maximum atomic E-state index is 13.0. The predicted molar refractivity (Wildman–Crippen MR) is 168 cm³/mol. The number of benzene rings is 3. The second-order valence-corrected chi connectivity index (χ2v) is 15.7. The molecule has 2 heterocycles. The maximum Gasteiger partial charge on any atom is 0.261 e. The number of ether oxygens (including phenoxy) is 2. The lowest BCUT2D eigenvalue weighted by molar-refractivity contribution is -0.276. The second kappa shape index (κ2) is 11.6. The lowest BCUT2D eigenvalue weighted by Crippen LogP contribution is -2.46. The van der Waals surface area contributed by atoms with Crippen LogP contribution in [-0.4, -0.2) is 43.7 Å². The molecule has 0 amide bonds. The molecule has 6 unspecified atom stereocenters. The Kier molecular flexibility index (Phi) is 8.20. The highest BCUT2D eigenvalue weighted by atomic mass is 32.2. The minimum Gasteiger partial charge on any atom is -0.392 e. The van der Waals surface area contributed by atoms with E-state index in [-0.39, 0.29) is 29.6 Å². The Labute approximate surface area is 256 Å². The van der Waals surface area contributed by atoms with Gasteiger partial charge in [0.25, 0.3) is 10.0 Å². The number of aliphatic hydroxyl groups is 1. The van der Waals surface area contributed by atoms with E-state index in [1.165, 1.54) is 19.3 Å². The van der Waals surface area contributed by atoms with E-state index in [4.69, 9.17) is 9.47 Å². The van der Waals surface area contributed by atoms with Crippen LogP contribution in [0.5, 0.6) is 0 Å². The number of hydrogen-bond donors (Lipinski definition) is 2. The highest BCUT2D eigenvalue weighted by Gasteiger charge is 2.51. The van der Waals surface area contributed by atoms with E-state index >= 15 is 0 Å². The zero-order valence-corrected chi connectivity index (χ0v) is 26.4. The first kappa shape index (κ1) is 30.3. The molecule has 0 spiro atoms. The van der Waals surface area contributed by atoms with Crippen molar-refractivity contribution in [1.29, 1.82) is 0 Å². The molecular weight excluding hydrogens is 560 g/mol. The van der Waals surface area contributed by atoms with Crippen LogP contribution in [0.1, 0.15) is 76.0 Å². The van der Waals surface area contributed by atoms with Crippen molar-refractivity contribution in [2.75, 3.05) is 17.8 Å². The van der Waals surface area contributed by atoms with Gasteiger partial charge in [-0.1, -0.05) is 82.3 Å². The number of nitrogens with zero attached hydrogens (tertiary/aromatic N) is 1. The Bertz CT molecular complexity index is 1530. The molecule has 3 aliphatic rings. The van der Waals surface area contributed by atoms with E-state index in [0.29, 0.717) is 22.6 Å². The number of aliphatic hydroxyl groups excluding tert-OH is 1. The molecule has 2 saturated heterocycles. The highest BCUT2D eigenvalue weighted by Crippen LogP contribution is 2.53. The summed E-state index contributed by atoms with van der Waals surface area (Å²) in [4.78, 5) is 2.85. The van der Waals surface area contributed by atoms with E-state index in [1.54, 1.807) is 42.5 Å². The van der Waals surface area contributed by atoms with Gasteiger partial charge in [0.05, 0.1) is 23.7 Å². The summed E-state index contributed by atoms with van der Waals surface area (Å²) in [6.45, 7) is 11.3. The Hall–Kier alpha value is -2.75. The fourth-order valence-corrected chi connectivity index (χ4v) is 8.98. The van der Waals surface area contributed by atoms with Gasteiger partial charge in [0.2, 0.25) is 0 Å². The molecule has 3 fully saturated rings. The molecule has 1 aliphatic carbocycles. The van der Waals surface area contributed by atoms with E-state index in [9.17, 15) is 13.5 Å². The van der Waals surface area contributed by atoms with Crippen LogP contribution in [0.2, 0.25) is 0 Å². The number of fused-ring (bicyclic) bond motifs is 2. The fraction of sp³-hybridized carbons (Fsp3) is 0.486. The van der Waals surface area contributed by atoms with Gasteiger partial charge in [-0.25, -0.2) is 8.42 Å². The zero-order valence-electron chi connectivity index (χ0n) is 25.6. The summed E-state index contributed by atoms with van der Waals surface area (Å²) in [6, 6.07) is 24.1. The largest absolute Gasteiger partial charge is 0.392 e. The molecule has 0 aromatic heterocycles. The summed E-state index contributed by atoms with van der Waals surface area (Å²) in [7, 11) is -3.74. The van der Waals surface area contributed by atoms with Crippen LogP contribution in [0.15, 0.2) is 83.8 Å². The number of sulfonamides is 1. The van der Waals surface area contributed by atoms with Crippen molar-refractivity contribution in [2.45, 2.75) is 83.0 Å². The van der Waals surface area contributed by atoms with E-state index in [0.717, 1.165) is 29.8 Å². The zero-order chi connectivity index (χ0) is 30.4. The topological polar surface area (TPSA) is 88.1 Å². The molecule has 8 heteroatoms. The van der Waals surface area contributed by atoms with Crippen molar-refractivity contribution in [3.63, 3.8) is 0 Å². The lowest BCUT2D eigenvalue weighted by atomic mass is 9.65. The summed E-state index contributed by atoms with van der Waals surface area (Å²) >= 11 is 0. The van der Waals surface area contributed by atoms with Crippen LogP contribution in [-0.2, 0) is 26.1 Å². The molecule has 6 atom stereocenters. The molecule has 3 aromatic carbocycles. The van der Waals surface area contributed by atoms with Crippen molar-refractivity contribution in [3.05, 3.63) is 95.6 Å². The van der Waals surface area contributed by atoms with Crippen LogP contribution in [0.25, 0.3) is 0 Å². The first-order valence-electron chi connectivity index (χ1n) is 15.4. The number of hydrogen-bond acceptors (Lipinski definition) is 6. The molecule has 43 heavy (non-hydrogen) atoms. The Morgan fingerprint density at radius 3 is 2.40 bits per heavy atom. The van der Waals surface area contributed by atoms with Gasteiger partial charge >= 0.3 is 0 Å². The first-order valence-corrected chi connectivity index (χ1v) is 16.8. The van der Waals surface area contributed by atoms with Gasteiger partial charge < -0.3 is 14.6 Å². The quantitative estimate of drug-likeness (QED) is 0.299. The van der Waals surface area contributed by atoms with Gasteiger partial charge in [0, 0.05) is 36.3 Å². The average molecular weight is 605 g/mol. The summed E-state index contributed by atoms with van der Waals surface area (Å²) in [5.41, 5.74) is 3.77. The van der Waals surface area contributed by atoms with Gasteiger partial charge in [-0.3, -0.25) is 9.62 Å². The van der Waals surface area contributed by atoms with Gasteiger partial charge in [0.15, 0.2) is 6.29 Å². The van der Waals surface area contributed by atoms with Crippen LogP contribution < -0.4 is 4.72 Å². The van der Waals surface area contributed by atoms with Crippen molar-refractivity contribution in [3.8, 4) is 0 Å². The second-order valence-electron chi connectivity index (χ2n) is 14.0. The summed E-state index contributed by atoms with van der Waals surface area (Å²) in [6.07, 6.45) is 2.68. The Balaban J connectivity index is 1.28. The molecule has 0 radical (unpaired) electrons. The third kappa shape index (κ3) is 6.54. The molecule has 7 nitrogen and oxygen atoms in total. The molecule has 230 valence electrons. The normalized spacial score (nSPS) is 30.7. The Morgan fingerprint density at radius 2 is 1.67 bits per heavy atom. The van der Waals surface area contributed by atoms with Crippen molar-refractivity contribution < 1.29 is 23.0 Å². The molecule has 1 saturated carbocycles. The van der Waals surface area contributed by atoms with Gasteiger partial charge in [-0.15, -0.1) is 0 Å². The number of nitrogens with one attached hydrogen (secondary N) is 1. The standard InChI is InChI=1S/C35H44N2O5S/c1-24-31(20-37-23-35(4)19-29(37)18-34(2,3)22-35)41-33(42-32(24)26-15-13-25(21-38)14-16-26)27-9-8-10-28(17-27)36-43(39,40)30-11-6-5-7-12-30/h5-17,24,29,31-33,36,38H,18-23H2,1-4H3. The molecular formula is C35H44N2O5S. The Morgan fingerprint density at radius 1 is 0.930 bits per heavy atom. The van der Waals surface area contributed by atoms with Crippen molar-refractivity contribution in [2.24, 2.45) is 16.7 Å². The average Bonchev–Trinajstić information content (AvgIpc) is 3.21. The van der Waals surface area contributed by atoms with Crippen molar-refractivity contribution >= 4 is 15.7 Å². The summed E-state index contributed by atoms with van der Waals surface area (Å²) in [5, 5.41) is 9.59. The summed E-state index contributed by atoms with van der Waals surface area (Å²) in [5.74, 6) is 0.0808. The van der Waals surface area contributed by atoms with Crippen LogP contribution in [0.3, 0.4) is 0 Å². The maximum absolute atomic E-state index is 13.0. The SMILES string of the molecule is CC1C(CN2CC3(C)CC2CC(C)(C)C3)OC(c2cccc(NS(=O)(=O)c3ccccc3)c2)OC1c1ccc(CO)cc1. The fourth-order valence-electron chi connectivity index (χ4n) is 7.91. The van der Waals surface area contributed by atoms with E-state index in [2.05, 4.69) is 37.3 Å². The third-order valence-electron chi connectivity index (χ3n) is 9.53. The predicted octanol–water partition coefficient (Wildman–Crippen LogP) is 6.67.